The highest BCUT2D eigenvalue weighted by atomic mass is 32.1. The zero-order valence-corrected chi connectivity index (χ0v) is 17.4. The third kappa shape index (κ3) is 3.27. The lowest BCUT2D eigenvalue weighted by molar-refractivity contribution is 0.0984. The highest BCUT2D eigenvalue weighted by Gasteiger charge is 2.25. The van der Waals surface area contributed by atoms with E-state index in [9.17, 15) is 4.79 Å². The molecule has 0 radical (unpaired) electrons. The van der Waals surface area contributed by atoms with Crippen LogP contribution >= 0.6 is 11.3 Å². The van der Waals surface area contributed by atoms with Gasteiger partial charge in [-0.2, -0.15) is 0 Å². The van der Waals surface area contributed by atoms with Crippen LogP contribution in [0.3, 0.4) is 0 Å². The monoisotopic (exact) mass is 417 g/mol. The van der Waals surface area contributed by atoms with Crippen molar-refractivity contribution in [2.24, 2.45) is 0 Å². The Balaban J connectivity index is 1.58. The van der Waals surface area contributed by atoms with E-state index in [4.69, 9.17) is 14.5 Å². The Labute approximate surface area is 177 Å². The minimum absolute atomic E-state index is 0.160. The molecule has 0 fully saturated rings. The maximum absolute atomic E-state index is 13.5. The SMILES string of the molecule is Cc1ccc2sc(N(Cc3ccccn3)C(=O)c3ccc4c(c3)OCO4)nc2c1C. The molecule has 1 aliphatic rings. The highest BCUT2D eigenvalue weighted by Crippen LogP contribution is 2.36. The van der Waals surface area contributed by atoms with Gasteiger partial charge in [0.05, 0.1) is 22.5 Å². The predicted molar refractivity (Wildman–Crippen MR) is 116 cm³/mol. The lowest BCUT2D eigenvalue weighted by Gasteiger charge is -2.19. The molecule has 0 bridgehead atoms. The molecule has 0 spiro atoms. The number of carbonyl (C=O) groups is 1. The number of amides is 1. The molecule has 4 aromatic rings. The van der Waals surface area contributed by atoms with Gasteiger partial charge in [-0.25, -0.2) is 4.98 Å². The van der Waals surface area contributed by atoms with E-state index in [0.717, 1.165) is 21.5 Å². The van der Waals surface area contributed by atoms with Gasteiger partial charge in [0.15, 0.2) is 16.6 Å². The second-order valence-corrected chi connectivity index (χ2v) is 8.14. The summed E-state index contributed by atoms with van der Waals surface area (Å²) in [5.74, 6) is 1.07. The van der Waals surface area contributed by atoms with E-state index in [-0.39, 0.29) is 12.7 Å². The van der Waals surface area contributed by atoms with Gasteiger partial charge in [-0.05, 0) is 61.4 Å². The number of hydrogen-bond acceptors (Lipinski definition) is 6. The first-order valence-electron chi connectivity index (χ1n) is 9.58. The summed E-state index contributed by atoms with van der Waals surface area (Å²) in [6, 6.07) is 15.1. The molecule has 0 saturated carbocycles. The molecule has 1 aliphatic heterocycles. The standard InChI is InChI=1S/C23H19N3O3S/c1-14-6-9-20-21(15(14)2)25-23(30-20)26(12-17-5-3-4-10-24-17)22(27)16-7-8-18-19(11-16)29-13-28-18/h3-11H,12-13H2,1-2H3. The van der Waals surface area contributed by atoms with Crippen LogP contribution in [0.5, 0.6) is 11.5 Å². The van der Waals surface area contributed by atoms with E-state index in [1.807, 2.05) is 18.2 Å². The van der Waals surface area contributed by atoms with Crippen LogP contribution in [0.15, 0.2) is 54.7 Å². The number of carbonyl (C=O) groups excluding carboxylic acids is 1. The van der Waals surface area contributed by atoms with Gasteiger partial charge in [-0.3, -0.25) is 14.7 Å². The van der Waals surface area contributed by atoms with Gasteiger partial charge in [0, 0.05) is 11.8 Å². The number of rotatable bonds is 4. The molecule has 0 saturated heterocycles. The molecular formula is C23H19N3O3S. The second kappa shape index (κ2) is 7.42. The first-order chi connectivity index (χ1) is 14.6. The average molecular weight is 417 g/mol. The second-order valence-electron chi connectivity index (χ2n) is 7.13. The maximum atomic E-state index is 13.5. The Hall–Kier alpha value is -3.45. The van der Waals surface area contributed by atoms with Gasteiger partial charge in [0.2, 0.25) is 6.79 Å². The number of anilines is 1. The van der Waals surface area contributed by atoms with Crippen molar-refractivity contribution in [2.45, 2.75) is 20.4 Å². The topological polar surface area (TPSA) is 64.6 Å². The van der Waals surface area contributed by atoms with E-state index in [1.54, 1.807) is 29.3 Å². The van der Waals surface area contributed by atoms with Gasteiger partial charge in [0.1, 0.15) is 0 Å². The smallest absolute Gasteiger partial charge is 0.260 e. The molecule has 7 heteroatoms. The summed E-state index contributed by atoms with van der Waals surface area (Å²) >= 11 is 1.51. The lowest BCUT2D eigenvalue weighted by atomic mass is 10.1. The molecule has 30 heavy (non-hydrogen) atoms. The zero-order chi connectivity index (χ0) is 20.7. The number of nitrogens with zero attached hydrogens (tertiary/aromatic N) is 3. The van der Waals surface area contributed by atoms with Gasteiger partial charge in [0.25, 0.3) is 5.91 Å². The average Bonchev–Trinajstić information content (AvgIpc) is 3.41. The van der Waals surface area contributed by atoms with Crippen molar-refractivity contribution in [1.29, 1.82) is 0 Å². The first-order valence-corrected chi connectivity index (χ1v) is 10.4. The Morgan fingerprint density at radius 2 is 1.97 bits per heavy atom. The van der Waals surface area contributed by atoms with E-state index < -0.39 is 0 Å². The summed E-state index contributed by atoms with van der Waals surface area (Å²) in [7, 11) is 0. The summed E-state index contributed by atoms with van der Waals surface area (Å²) in [6.07, 6.45) is 1.73. The number of aryl methyl sites for hydroxylation is 2. The van der Waals surface area contributed by atoms with Crippen molar-refractivity contribution >= 4 is 32.6 Å². The van der Waals surface area contributed by atoms with Gasteiger partial charge in [-0.1, -0.05) is 23.5 Å². The van der Waals surface area contributed by atoms with E-state index >= 15 is 0 Å². The number of aromatic nitrogens is 2. The summed E-state index contributed by atoms with van der Waals surface area (Å²) in [5.41, 5.74) is 4.54. The Morgan fingerprint density at radius 3 is 2.80 bits per heavy atom. The normalized spacial score (nSPS) is 12.3. The molecule has 0 N–H and O–H groups in total. The van der Waals surface area contributed by atoms with Crippen molar-refractivity contribution in [1.82, 2.24) is 9.97 Å². The molecule has 0 atom stereocenters. The predicted octanol–water partition coefficient (Wildman–Crippen LogP) is 4.88. The van der Waals surface area contributed by atoms with Crippen LogP contribution in [0.1, 0.15) is 27.2 Å². The van der Waals surface area contributed by atoms with Crippen molar-refractivity contribution in [2.75, 3.05) is 11.7 Å². The van der Waals surface area contributed by atoms with Crippen molar-refractivity contribution in [3.8, 4) is 11.5 Å². The van der Waals surface area contributed by atoms with Crippen LogP contribution < -0.4 is 14.4 Å². The number of pyridine rings is 1. The maximum Gasteiger partial charge on any atom is 0.260 e. The molecule has 0 aliphatic carbocycles. The minimum atomic E-state index is -0.160. The summed E-state index contributed by atoms with van der Waals surface area (Å²) in [4.78, 5) is 24.5. The molecule has 2 aromatic carbocycles. The number of hydrogen-bond donors (Lipinski definition) is 0. The molecule has 0 unspecified atom stereocenters. The zero-order valence-electron chi connectivity index (χ0n) is 16.6. The lowest BCUT2D eigenvalue weighted by Crippen LogP contribution is -2.30. The fraction of sp³-hybridized carbons (Fsp3) is 0.174. The van der Waals surface area contributed by atoms with Gasteiger partial charge in [-0.15, -0.1) is 0 Å². The fourth-order valence-electron chi connectivity index (χ4n) is 3.40. The number of benzene rings is 2. The van der Waals surface area contributed by atoms with Crippen LogP contribution in [0.4, 0.5) is 5.13 Å². The summed E-state index contributed by atoms with van der Waals surface area (Å²) in [6.45, 7) is 4.62. The molecule has 2 aromatic heterocycles. The number of ether oxygens (including phenoxy) is 2. The van der Waals surface area contributed by atoms with Crippen molar-refractivity contribution in [3.05, 3.63) is 77.1 Å². The third-order valence-corrected chi connectivity index (χ3v) is 6.26. The largest absolute Gasteiger partial charge is 0.454 e. The molecule has 5 rings (SSSR count). The molecule has 3 heterocycles. The van der Waals surface area contributed by atoms with Crippen LogP contribution in [-0.4, -0.2) is 22.7 Å². The quantitative estimate of drug-likeness (QED) is 0.473. The minimum Gasteiger partial charge on any atom is -0.454 e. The molecule has 150 valence electrons. The van der Waals surface area contributed by atoms with Crippen LogP contribution in [0, 0.1) is 13.8 Å². The van der Waals surface area contributed by atoms with Crippen LogP contribution in [0.25, 0.3) is 10.2 Å². The summed E-state index contributed by atoms with van der Waals surface area (Å²) in [5, 5.41) is 0.645. The van der Waals surface area contributed by atoms with E-state index in [2.05, 4.69) is 31.0 Å². The Morgan fingerprint density at radius 1 is 1.10 bits per heavy atom. The third-order valence-electron chi connectivity index (χ3n) is 5.22. The van der Waals surface area contributed by atoms with E-state index in [0.29, 0.717) is 28.7 Å². The molecule has 1 amide bonds. The fourth-order valence-corrected chi connectivity index (χ4v) is 4.42. The number of fused-ring (bicyclic) bond motifs is 2. The van der Waals surface area contributed by atoms with Gasteiger partial charge < -0.3 is 9.47 Å². The van der Waals surface area contributed by atoms with Crippen molar-refractivity contribution in [3.63, 3.8) is 0 Å². The Kier molecular flexibility index (Phi) is 4.59. The van der Waals surface area contributed by atoms with E-state index in [1.165, 1.54) is 16.9 Å². The molecular weight excluding hydrogens is 398 g/mol. The first kappa shape index (κ1) is 18.6. The highest BCUT2D eigenvalue weighted by molar-refractivity contribution is 7.22. The van der Waals surface area contributed by atoms with Crippen LogP contribution in [-0.2, 0) is 6.54 Å². The number of thiazole rings is 1. The Bertz CT molecular complexity index is 1250. The summed E-state index contributed by atoms with van der Waals surface area (Å²) < 4.78 is 11.9. The molecule has 6 nitrogen and oxygen atoms in total. The van der Waals surface area contributed by atoms with Gasteiger partial charge >= 0.3 is 0 Å². The van der Waals surface area contributed by atoms with Crippen LogP contribution in [0.2, 0.25) is 0 Å². The van der Waals surface area contributed by atoms with Crippen molar-refractivity contribution < 1.29 is 14.3 Å².